The van der Waals surface area contributed by atoms with Gasteiger partial charge in [-0.25, -0.2) is 9.38 Å². The lowest BCUT2D eigenvalue weighted by molar-refractivity contribution is -0.0493. The SMILES string of the molecule is C[C@@]1(c2cc(Nc3ccccc3OC(F)F)ccc2F)CCOC(N)=N1. The first-order valence-corrected chi connectivity index (χ1v) is 7.96. The van der Waals surface area contributed by atoms with Gasteiger partial charge < -0.3 is 20.5 Å². The Morgan fingerprint density at radius 2 is 2.04 bits per heavy atom. The second-order valence-electron chi connectivity index (χ2n) is 6.02. The first-order chi connectivity index (χ1) is 12.4. The molecule has 0 saturated heterocycles. The average Bonchev–Trinajstić information content (AvgIpc) is 2.57. The zero-order chi connectivity index (χ0) is 18.7. The van der Waals surface area contributed by atoms with Crippen LogP contribution in [-0.2, 0) is 10.3 Å². The maximum atomic E-state index is 14.4. The number of rotatable bonds is 5. The van der Waals surface area contributed by atoms with Crippen molar-refractivity contribution in [2.45, 2.75) is 25.5 Å². The van der Waals surface area contributed by atoms with Crippen LogP contribution in [0.4, 0.5) is 24.5 Å². The second-order valence-corrected chi connectivity index (χ2v) is 6.02. The monoisotopic (exact) mass is 365 g/mol. The summed E-state index contributed by atoms with van der Waals surface area (Å²) >= 11 is 0. The summed E-state index contributed by atoms with van der Waals surface area (Å²) in [4.78, 5) is 4.23. The van der Waals surface area contributed by atoms with Gasteiger partial charge in [0.15, 0.2) is 0 Å². The van der Waals surface area contributed by atoms with Crippen LogP contribution in [0.1, 0.15) is 18.9 Å². The number of amidine groups is 1. The van der Waals surface area contributed by atoms with E-state index < -0.39 is 18.0 Å². The minimum atomic E-state index is -2.94. The summed E-state index contributed by atoms with van der Waals surface area (Å²) in [7, 11) is 0. The lowest BCUT2D eigenvalue weighted by Crippen LogP contribution is -2.34. The van der Waals surface area contributed by atoms with E-state index in [2.05, 4.69) is 15.0 Å². The number of hydrogen-bond acceptors (Lipinski definition) is 5. The number of nitrogens with two attached hydrogens (primary N) is 1. The third kappa shape index (κ3) is 3.84. The number of alkyl halides is 2. The van der Waals surface area contributed by atoms with Crippen LogP contribution in [-0.4, -0.2) is 19.2 Å². The standard InChI is InChI=1S/C18H18F3N3O2/c1-18(8-9-25-17(22)24-18)12-10-11(6-7-13(12)19)23-14-4-2-3-5-15(14)26-16(20)21/h2-7,10,16,23H,8-9H2,1H3,(H2,22,24)/t18-/m0/s1. The van der Waals surface area contributed by atoms with E-state index in [4.69, 9.17) is 10.5 Å². The first kappa shape index (κ1) is 17.9. The molecule has 0 bridgehead atoms. The van der Waals surface area contributed by atoms with Crippen LogP contribution in [0, 0.1) is 5.82 Å². The predicted molar refractivity (Wildman–Crippen MR) is 92.3 cm³/mol. The van der Waals surface area contributed by atoms with Gasteiger partial charge in [-0.1, -0.05) is 12.1 Å². The molecule has 1 atom stereocenters. The van der Waals surface area contributed by atoms with Gasteiger partial charge in [-0.3, -0.25) is 0 Å². The molecule has 0 aliphatic carbocycles. The van der Waals surface area contributed by atoms with Gasteiger partial charge in [0.25, 0.3) is 6.02 Å². The molecule has 0 amide bonds. The summed E-state index contributed by atoms with van der Waals surface area (Å²) < 4.78 is 49.1. The topological polar surface area (TPSA) is 68.9 Å². The Morgan fingerprint density at radius 3 is 2.77 bits per heavy atom. The molecule has 1 aliphatic heterocycles. The van der Waals surface area contributed by atoms with Crippen LogP contribution in [0.2, 0.25) is 0 Å². The number of anilines is 2. The van der Waals surface area contributed by atoms with Crippen LogP contribution in [0.3, 0.4) is 0 Å². The maximum absolute atomic E-state index is 14.4. The van der Waals surface area contributed by atoms with Crippen LogP contribution in [0.25, 0.3) is 0 Å². The fourth-order valence-electron chi connectivity index (χ4n) is 2.82. The van der Waals surface area contributed by atoms with Gasteiger partial charge >= 0.3 is 6.61 Å². The normalized spacial score (nSPS) is 19.7. The third-order valence-corrected chi connectivity index (χ3v) is 4.12. The Bertz CT molecular complexity index is 829. The van der Waals surface area contributed by atoms with Crippen molar-refractivity contribution < 1.29 is 22.6 Å². The first-order valence-electron chi connectivity index (χ1n) is 7.96. The molecule has 3 N–H and O–H groups in total. The van der Waals surface area contributed by atoms with E-state index in [-0.39, 0.29) is 11.8 Å². The maximum Gasteiger partial charge on any atom is 0.387 e. The van der Waals surface area contributed by atoms with Crippen molar-refractivity contribution in [2.75, 3.05) is 11.9 Å². The highest BCUT2D eigenvalue weighted by atomic mass is 19.3. The molecular weight excluding hydrogens is 347 g/mol. The van der Waals surface area contributed by atoms with Gasteiger partial charge in [-0.15, -0.1) is 0 Å². The molecule has 0 aromatic heterocycles. The molecule has 2 aromatic carbocycles. The van der Waals surface area contributed by atoms with Crippen molar-refractivity contribution in [3.63, 3.8) is 0 Å². The highest BCUT2D eigenvalue weighted by Gasteiger charge is 2.33. The molecule has 2 aromatic rings. The number of nitrogens with zero attached hydrogens (tertiary/aromatic N) is 1. The van der Waals surface area contributed by atoms with E-state index in [1.54, 1.807) is 31.2 Å². The molecular formula is C18H18F3N3O2. The van der Waals surface area contributed by atoms with Crippen molar-refractivity contribution in [3.05, 3.63) is 53.8 Å². The number of halogens is 3. The lowest BCUT2D eigenvalue weighted by Gasteiger charge is -2.30. The number of aliphatic imine (C=N–C) groups is 1. The Hall–Kier alpha value is -2.90. The van der Waals surface area contributed by atoms with E-state index in [0.717, 1.165) is 0 Å². The van der Waals surface area contributed by atoms with Crippen LogP contribution in [0.15, 0.2) is 47.5 Å². The van der Waals surface area contributed by atoms with Crippen LogP contribution < -0.4 is 15.8 Å². The van der Waals surface area contributed by atoms with E-state index in [9.17, 15) is 13.2 Å². The van der Waals surface area contributed by atoms with Gasteiger partial charge in [0.2, 0.25) is 0 Å². The lowest BCUT2D eigenvalue weighted by atomic mass is 9.88. The average molecular weight is 365 g/mol. The second kappa shape index (κ2) is 7.15. The summed E-state index contributed by atoms with van der Waals surface area (Å²) in [5.74, 6) is -0.443. The number of para-hydroxylation sites is 2. The smallest absolute Gasteiger partial charge is 0.387 e. The third-order valence-electron chi connectivity index (χ3n) is 4.12. The van der Waals surface area contributed by atoms with Crippen molar-refractivity contribution >= 4 is 17.4 Å². The van der Waals surface area contributed by atoms with Gasteiger partial charge in [-0.2, -0.15) is 8.78 Å². The summed E-state index contributed by atoms with van der Waals surface area (Å²) in [6, 6.07) is 10.7. The number of ether oxygens (including phenoxy) is 2. The molecule has 0 fully saturated rings. The van der Waals surface area contributed by atoms with Crippen molar-refractivity contribution in [3.8, 4) is 5.75 Å². The quantitative estimate of drug-likeness (QED) is 0.836. The Morgan fingerprint density at radius 1 is 1.27 bits per heavy atom. The molecule has 5 nitrogen and oxygen atoms in total. The fraction of sp³-hybridized carbons (Fsp3) is 0.278. The zero-order valence-electron chi connectivity index (χ0n) is 14.0. The Labute approximate surface area is 148 Å². The van der Waals surface area contributed by atoms with Crippen LogP contribution in [0.5, 0.6) is 5.75 Å². The molecule has 8 heteroatoms. The molecule has 138 valence electrons. The van der Waals surface area contributed by atoms with Crippen molar-refractivity contribution in [1.82, 2.24) is 0 Å². The Kier molecular flexibility index (Phi) is 4.92. The van der Waals surface area contributed by atoms with Gasteiger partial charge in [-0.05, 0) is 37.3 Å². The molecule has 3 rings (SSSR count). The van der Waals surface area contributed by atoms with Gasteiger partial charge in [0, 0.05) is 17.7 Å². The highest BCUT2D eigenvalue weighted by Crippen LogP contribution is 2.36. The van der Waals surface area contributed by atoms with E-state index >= 15 is 0 Å². The predicted octanol–water partition coefficient (Wildman–Crippen LogP) is 4.12. The highest BCUT2D eigenvalue weighted by molar-refractivity contribution is 5.73. The summed E-state index contributed by atoms with van der Waals surface area (Å²) in [5.41, 5.74) is 5.94. The molecule has 26 heavy (non-hydrogen) atoms. The van der Waals surface area contributed by atoms with Crippen molar-refractivity contribution in [1.29, 1.82) is 0 Å². The van der Waals surface area contributed by atoms with Gasteiger partial charge in [0.05, 0.1) is 17.8 Å². The molecule has 0 saturated carbocycles. The zero-order valence-corrected chi connectivity index (χ0v) is 14.0. The minimum absolute atomic E-state index is 0.00656. The molecule has 0 unspecified atom stereocenters. The molecule has 0 radical (unpaired) electrons. The van der Waals surface area contributed by atoms with E-state index in [1.165, 1.54) is 18.2 Å². The van der Waals surface area contributed by atoms with Crippen molar-refractivity contribution in [2.24, 2.45) is 10.7 Å². The Balaban J connectivity index is 1.93. The fourth-order valence-corrected chi connectivity index (χ4v) is 2.82. The summed E-state index contributed by atoms with van der Waals surface area (Å²) in [6.45, 7) is -0.855. The largest absolute Gasteiger partial charge is 0.465 e. The summed E-state index contributed by atoms with van der Waals surface area (Å²) in [6.07, 6.45) is 0.457. The molecule has 1 heterocycles. The minimum Gasteiger partial charge on any atom is -0.465 e. The number of benzene rings is 2. The molecule has 1 aliphatic rings. The van der Waals surface area contributed by atoms with Crippen LogP contribution >= 0.6 is 0 Å². The van der Waals surface area contributed by atoms with Gasteiger partial charge in [0.1, 0.15) is 11.6 Å². The molecule has 0 spiro atoms. The van der Waals surface area contributed by atoms with E-state index in [0.29, 0.717) is 30.0 Å². The number of hydrogen-bond donors (Lipinski definition) is 2. The number of nitrogens with one attached hydrogen (secondary N) is 1. The summed E-state index contributed by atoms with van der Waals surface area (Å²) in [5, 5.41) is 2.98. The van der Waals surface area contributed by atoms with E-state index in [1.807, 2.05) is 0 Å².